The van der Waals surface area contributed by atoms with Crippen molar-refractivity contribution >= 4 is 18.4 Å². The summed E-state index contributed by atoms with van der Waals surface area (Å²) in [5, 5.41) is 10.7. The summed E-state index contributed by atoms with van der Waals surface area (Å²) in [7, 11) is 1.86. The van der Waals surface area contributed by atoms with Gasteiger partial charge in [0.15, 0.2) is 0 Å². The number of carboxylic acids is 1. The second-order valence-electron chi connectivity index (χ2n) is 2.82. The maximum Gasteiger partial charge on any atom is 0.306 e. The molecule has 12 heavy (non-hydrogen) atoms. The minimum atomic E-state index is -0.652. The predicted octanol–water partition coefficient (Wildman–Crippen LogP) is 0.339. The quantitative estimate of drug-likeness (QED) is 0.666. The van der Waals surface area contributed by atoms with Crippen LogP contribution in [-0.4, -0.2) is 36.2 Å². The zero-order chi connectivity index (χ0) is 8.27. The van der Waals surface area contributed by atoms with Gasteiger partial charge in [0, 0.05) is 13.1 Å². The van der Waals surface area contributed by atoms with Crippen molar-refractivity contribution in [1.82, 2.24) is 10.4 Å². The summed E-state index contributed by atoms with van der Waals surface area (Å²) in [6.45, 7) is 1.68. The highest BCUT2D eigenvalue weighted by atomic mass is 35.5. The molecule has 1 aliphatic rings. The lowest BCUT2D eigenvalue weighted by molar-refractivity contribution is -0.143. The Balaban J connectivity index is 0.00000121. The van der Waals surface area contributed by atoms with Gasteiger partial charge in [-0.25, -0.2) is 5.01 Å². The Morgan fingerprint density at radius 3 is 2.33 bits per heavy atom. The molecule has 0 radical (unpaired) electrons. The normalized spacial score (nSPS) is 20.1. The van der Waals surface area contributed by atoms with E-state index in [0.717, 1.165) is 25.9 Å². The molecular formula is C7H15ClN2O2. The van der Waals surface area contributed by atoms with E-state index in [2.05, 4.69) is 5.43 Å². The first kappa shape index (κ1) is 11.7. The fourth-order valence-corrected chi connectivity index (χ4v) is 1.35. The number of nitrogens with one attached hydrogen (secondary N) is 1. The molecule has 0 aromatic heterocycles. The topological polar surface area (TPSA) is 52.6 Å². The van der Waals surface area contributed by atoms with Crippen molar-refractivity contribution in [3.05, 3.63) is 0 Å². The number of hydrogen-bond acceptors (Lipinski definition) is 3. The van der Waals surface area contributed by atoms with Gasteiger partial charge in [0.1, 0.15) is 0 Å². The molecule has 0 unspecified atom stereocenters. The first-order valence-corrected chi connectivity index (χ1v) is 3.89. The van der Waals surface area contributed by atoms with Gasteiger partial charge in [-0.3, -0.25) is 10.2 Å². The Bertz CT molecular complexity index is 146. The molecule has 1 fully saturated rings. The van der Waals surface area contributed by atoms with Crippen LogP contribution >= 0.6 is 12.4 Å². The fourth-order valence-electron chi connectivity index (χ4n) is 1.35. The van der Waals surface area contributed by atoms with E-state index in [0.29, 0.717) is 0 Å². The van der Waals surface area contributed by atoms with Gasteiger partial charge in [-0.15, -0.1) is 12.4 Å². The molecule has 4 nitrogen and oxygen atoms in total. The zero-order valence-electron chi connectivity index (χ0n) is 7.12. The Kier molecular flexibility index (Phi) is 5.20. The first-order valence-electron chi connectivity index (χ1n) is 3.89. The molecule has 5 heteroatoms. The van der Waals surface area contributed by atoms with Gasteiger partial charge in [-0.05, 0) is 19.9 Å². The van der Waals surface area contributed by atoms with E-state index >= 15 is 0 Å². The van der Waals surface area contributed by atoms with Crippen LogP contribution in [-0.2, 0) is 4.79 Å². The second kappa shape index (κ2) is 5.35. The summed E-state index contributed by atoms with van der Waals surface area (Å²) >= 11 is 0. The average molecular weight is 195 g/mol. The van der Waals surface area contributed by atoms with E-state index < -0.39 is 5.97 Å². The van der Waals surface area contributed by atoms with Gasteiger partial charge in [-0.2, -0.15) is 0 Å². The lowest BCUT2D eigenvalue weighted by Crippen LogP contribution is -2.42. The van der Waals surface area contributed by atoms with Crippen molar-refractivity contribution < 1.29 is 9.90 Å². The lowest BCUT2D eigenvalue weighted by Gasteiger charge is -2.28. The first-order chi connectivity index (χ1) is 5.24. The van der Waals surface area contributed by atoms with Gasteiger partial charge in [0.05, 0.1) is 5.92 Å². The maximum absolute atomic E-state index is 10.5. The average Bonchev–Trinajstić information content (AvgIpc) is 2.05. The smallest absolute Gasteiger partial charge is 0.306 e. The van der Waals surface area contributed by atoms with E-state index in [9.17, 15) is 4.79 Å². The van der Waals surface area contributed by atoms with E-state index in [4.69, 9.17) is 5.11 Å². The van der Waals surface area contributed by atoms with Crippen LogP contribution in [0.3, 0.4) is 0 Å². The zero-order valence-corrected chi connectivity index (χ0v) is 7.93. The Hall–Kier alpha value is -0.320. The number of hydrazine groups is 1. The number of carboxylic acid groups (broad SMARTS) is 1. The van der Waals surface area contributed by atoms with Crippen LogP contribution in [0, 0.1) is 5.92 Å². The van der Waals surface area contributed by atoms with Crippen LogP contribution in [0.4, 0.5) is 0 Å². The molecule has 2 N–H and O–H groups in total. The molecule has 0 saturated carbocycles. The van der Waals surface area contributed by atoms with Gasteiger partial charge in [-0.1, -0.05) is 0 Å². The van der Waals surface area contributed by atoms with Crippen LogP contribution in [0.15, 0.2) is 0 Å². The number of nitrogens with zero attached hydrogens (tertiary/aromatic N) is 1. The van der Waals surface area contributed by atoms with Gasteiger partial charge >= 0.3 is 5.97 Å². The molecule has 1 saturated heterocycles. The van der Waals surface area contributed by atoms with Crippen LogP contribution in [0.5, 0.6) is 0 Å². The Labute approximate surface area is 78.3 Å². The minimum absolute atomic E-state index is 0. The van der Waals surface area contributed by atoms with Crippen LogP contribution in [0.25, 0.3) is 0 Å². The van der Waals surface area contributed by atoms with E-state index in [1.165, 1.54) is 0 Å². The predicted molar refractivity (Wildman–Crippen MR) is 48.2 cm³/mol. The SMILES string of the molecule is CNN1CCC(C(=O)O)CC1.Cl. The van der Waals surface area contributed by atoms with Crippen LogP contribution < -0.4 is 5.43 Å². The Morgan fingerprint density at radius 1 is 1.50 bits per heavy atom. The highest BCUT2D eigenvalue weighted by Gasteiger charge is 2.23. The highest BCUT2D eigenvalue weighted by Crippen LogP contribution is 2.15. The molecule has 0 bridgehead atoms. The molecule has 0 aromatic carbocycles. The number of rotatable bonds is 2. The second-order valence-corrected chi connectivity index (χ2v) is 2.82. The fraction of sp³-hybridized carbons (Fsp3) is 0.857. The molecule has 1 heterocycles. The summed E-state index contributed by atoms with van der Waals surface area (Å²) in [6, 6.07) is 0. The van der Waals surface area contributed by atoms with Gasteiger partial charge in [0.25, 0.3) is 0 Å². The molecule has 1 rings (SSSR count). The number of halogens is 1. The van der Waals surface area contributed by atoms with Crippen LogP contribution in [0.1, 0.15) is 12.8 Å². The molecule has 1 aliphatic heterocycles. The third-order valence-electron chi connectivity index (χ3n) is 2.16. The van der Waals surface area contributed by atoms with Crippen molar-refractivity contribution in [2.45, 2.75) is 12.8 Å². The van der Waals surface area contributed by atoms with Gasteiger partial charge < -0.3 is 5.11 Å². The molecule has 0 spiro atoms. The van der Waals surface area contributed by atoms with Crippen molar-refractivity contribution in [3.63, 3.8) is 0 Å². The molecule has 0 amide bonds. The maximum atomic E-state index is 10.5. The molecule has 0 atom stereocenters. The van der Waals surface area contributed by atoms with E-state index in [-0.39, 0.29) is 18.3 Å². The van der Waals surface area contributed by atoms with Crippen molar-refractivity contribution in [2.24, 2.45) is 5.92 Å². The third-order valence-corrected chi connectivity index (χ3v) is 2.16. The van der Waals surface area contributed by atoms with Gasteiger partial charge in [0.2, 0.25) is 0 Å². The van der Waals surface area contributed by atoms with Crippen molar-refractivity contribution in [3.8, 4) is 0 Å². The molecular weight excluding hydrogens is 180 g/mol. The Morgan fingerprint density at radius 2 is 2.00 bits per heavy atom. The minimum Gasteiger partial charge on any atom is -0.481 e. The summed E-state index contributed by atoms with van der Waals surface area (Å²) in [5.41, 5.74) is 3.00. The van der Waals surface area contributed by atoms with E-state index in [1.807, 2.05) is 12.1 Å². The number of hydrogen-bond donors (Lipinski definition) is 2. The van der Waals surface area contributed by atoms with Crippen LogP contribution in [0.2, 0.25) is 0 Å². The van der Waals surface area contributed by atoms with Crippen molar-refractivity contribution in [1.29, 1.82) is 0 Å². The monoisotopic (exact) mass is 194 g/mol. The number of aliphatic carboxylic acids is 1. The summed E-state index contributed by atoms with van der Waals surface area (Å²) in [6.07, 6.45) is 1.52. The third kappa shape index (κ3) is 2.97. The highest BCUT2D eigenvalue weighted by molar-refractivity contribution is 5.85. The van der Waals surface area contributed by atoms with E-state index in [1.54, 1.807) is 0 Å². The molecule has 0 aromatic rings. The summed E-state index contributed by atoms with van der Waals surface area (Å²) in [4.78, 5) is 10.5. The number of piperidine rings is 1. The standard InChI is InChI=1S/C7H14N2O2.ClH/c1-8-9-4-2-6(3-5-9)7(10)11;/h6,8H,2-5H2,1H3,(H,10,11);1H. The van der Waals surface area contributed by atoms with Crippen molar-refractivity contribution in [2.75, 3.05) is 20.1 Å². The lowest BCUT2D eigenvalue weighted by atomic mass is 9.98. The summed E-state index contributed by atoms with van der Waals surface area (Å²) < 4.78 is 0. The number of carbonyl (C=O) groups is 1. The molecule has 0 aliphatic carbocycles. The summed E-state index contributed by atoms with van der Waals surface area (Å²) in [5.74, 6) is -0.777. The molecule has 72 valence electrons. The largest absolute Gasteiger partial charge is 0.481 e.